The normalized spacial score (nSPS) is 21.9. The lowest BCUT2D eigenvalue weighted by Crippen LogP contribution is -2.57. The van der Waals surface area contributed by atoms with Crippen molar-refractivity contribution in [2.45, 2.75) is 44.6 Å². The third-order valence-electron chi connectivity index (χ3n) is 5.04. The van der Waals surface area contributed by atoms with Crippen LogP contribution in [0.25, 0.3) is 0 Å². The van der Waals surface area contributed by atoms with Crippen molar-refractivity contribution in [3.63, 3.8) is 0 Å². The van der Waals surface area contributed by atoms with Crippen molar-refractivity contribution < 1.29 is 29.1 Å². The number of aliphatic carboxylic acids is 1. The van der Waals surface area contributed by atoms with Gasteiger partial charge in [-0.15, -0.1) is 0 Å². The Morgan fingerprint density at radius 1 is 1.37 bits per heavy atom. The highest BCUT2D eigenvalue weighted by Gasteiger charge is 2.42. The third-order valence-corrected chi connectivity index (χ3v) is 5.04. The molecule has 0 saturated heterocycles. The molecule has 1 amide bonds. The molecule has 9 heteroatoms. The van der Waals surface area contributed by atoms with Gasteiger partial charge < -0.3 is 19.9 Å². The lowest BCUT2D eigenvalue weighted by Gasteiger charge is -2.37. The van der Waals surface area contributed by atoms with Gasteiger partial charge in [-0.3, -0.25) is 14.9 Å². The summed E-state index contributed by atoms with van der Waals surface area (Å²) in [4.78, 5) is 34.3. The molecule has 0 unspecified atom stereocenters. The van der Waals surface area contributed by atoms with Crippen molar-refractivity contribution in [1.82, 2.24) is 5.32 Å². The zero-order valence-corrected chi connectivity index (χ0v) is 15.4. The molecular formula is C18H24N2O7. The van der Waals surface area contributed by atoms with Crippen LogP contribution in [0.15, 0.2) is 18.2 Å². The minimum Gasteiger partial charge on any atom is -0.490 e. The minimum absolute atomic E-state index is 0.0119. The van der Waals surface area contributed by atoms with Crippen LogP contribution >= 0.6 is 0 Å². The number of carboxylic acid groups (broad SMARTS) is 1. The highest BCUT2D eigenvalue weighted by Crippen LogP contribution is 2.34. The molecule has 0 aliphatic heterocycles. The Kier molecular flexibility index (Phi) is 6.59. The number of amides is 1. The van der Waals surface area contributed by atoms with Crippen LogP contribution in [0, 0.1) is 16.0 Å². The van der Waals surface area contributed by atoms with Crippen molar-refractivity contribution >= 4 is 17.6 Å². The molecule has 0 atom stereocenters. The van der Waals surface area contributed by atoms with E-state index in [1.165, 1.54) is 25.3 Å². The summed E-state index contributed by atoms with van der Waals surface area (Å²) in [5.74, 6) is -0.880. The first kappa shape index (κ1) is 20.5. The molecule has 1 aromatic carbocycles. The molecule has 2 N–H and O–H groups in total. The number of nitro groups is 1. The maximum atomic E-state index is 12.2. The molecule has 1 fully saturated rings. The maximum absolute atomic E-state index is 12.2. The predicted octanol–water partition coefficient (Wildman–Crippen LogP) is 2.52. The molecule has 0 bridgehead atoms. The zero-order chi connectivity index (χ0) is 20.0. The number of nitro benzene ring substituents is 1. The standard InChI is InChI=1S/C18H24N2O7/c1-3-12-6-8-18(9-7-12,17(22)23)19-16(21)11-27-13-4-5-14(20(24)25)15(10-13)26-2/h4-5,10,12H,3,6-9,11H2,1-2H3,(H,19,21)(H,22,23). The van der Waals surface area contributed by atoms with Crippen molar-refractivity contribution in [2.24, 2.45) is 5.92 Å². The molecule has 0 aromatic heterocycles. The van der Waals surface area contributed by atoms with Crippen molar-refractivity contribution in [3.05, 3.63) is 28.3 Å². The fraction of sp³-hybridized carbons (Fsp3) is 0.556. The summed E-state index contributed by atoms with van der Waals surface area (Å²) in [6.07, 6.45) is 3.28. The number of hydrogen-bond donors (Lipinski definition) is 2. The van der Waals surface area contributed by atoms with Crippen molar-refractivity contribution in [1.29, 1.82) is 0 Å². The number of rotatable bonds is 8. The van der Waals surface area contributed by atoms with Crippen LogP contribution in [0.5, 0.6) is 11.5 Å². The number of carbonyl (C=O) groups is 2. The highest BCUT2D eigenvalue weighted by molar-refractivity contribution is 5.87. The van der Waals surface area contributed by atoms with E-state index in [1.807, 2.05) is 0 Å². The van der Waals surface area contributed by atoms with Crippen LogP contribution in [0.4, 0.5) is 5.69 Å². The van der Waals surface area contributed by atoms with Gasteiger partial charge in [0.2, 0.25) is 5.75 Å². The van der Waals surface area contributed by atoms with Crippen LogP contribution in [-0.4, -0.2) is 41.2 Å². The fourth-order valence-electron chi connectivity index (χ4n) is 3.32. The number of carbonyl (C=O) groups excluding carboxylic acids is 1. The smallest absolute Gasteiger partial charge is 0.329 e. The van der Waals surface area contributed by atoms with E-state index in [1.54, 1.807) is 0 Å². The largest absolute Gasteiger partial charge is 0.490 e. The zero-order valence-electron chi connectivity index (χ0n) is 15.4. The van der Waals surface area contributed by atoms with Crippen LogP contribution in [-0.2, 0) is 9.59 Å². The van der Waals surface area contributed by atoms with Crippen molar-refractivity contribution in [2.75, 3.05) is 13.7 Å². The first-order valence-electron chi connectivity index (χ1n) is 8.81. The first-order valence-corrected chi connectivity index (χ1v) is 8.81. The lowest BCUT2D eigenvalue weighted by molar-refractivity contribution is -0.385. The van der Waals surface area contributed by atoms with E-state index < -0.39 is 28.9 Å². The molecule has 2 rings (SSSR count). The monoisotopic (exact) mass is 380 g/mol. The van der Waals surface area contributed by atoms with E-state index in [9.17, 15) is 24.8 Å². The summed E-state index contributed by atoms with van der Waals surface area (Å²) in [6, 6.07) is 3.88. The number of ether oxygens (including phenoxy) is 2. The van der Waals surface area contributed by atoms with E-state index in [0.717, 1.165) is 19.3 Å². The quantitative estimate of drug-likeness (QED) is 0.524. The van der Waals surface area contributed by atoms with E-state index in [-0.39, 0.29) is 17.2 Å². The molecule has 0 radical (unpaired) electrons. The Morgan fingerprint density at radius 3 is 2.56 bits per heavy atom. The second kappa shape index (κ2) is 8.70. The average Bonchev–Trinajstić information content (AvgIpc) is 2.66. The van der Waals surface area contributed by atoms with Gasteiger partial charge in [-0.2, -0.15) is 0 Å². The maximum Gasteiger partial charge on any atom is 0.329 e. The van der Waals surface area contributed by atoms with Gasteiger partial charge in [0.05, 0.1) is 12.0 Å². The topological polar surface area (TPSA) is 128 Å². The number of methoxy groups -OCH3 is 1. The summed E-state index contributed by atoms with van der Waals surface area (Å²) in [6.45, 7) is 1.68. The van der Waals surface area contributed by atoms with Gasteiger partial charge in [0.25, 0.3) is 5.91 Å². The average molecular weight is 380 g/mol. The Hall–Kier alpha value is -2.84. The number of nitrogens with one attached hydrogen (secondary N) is 1. The van der Waals surface area contributed by atoms with Gasteiger partial charge >= 0.3 is 11.7 Å². The molecule has 1 saturated carbocycles. The lowest BCUT2D eigenvalue weighted by atomic mass is 9.75. The summed E-state index contributed by atoms with van der Waals surface area (Å²) in [5, 5.41) is 23.1. The molecule has 0 heterocycles. The summed E-state index contributed by atoms with van der Waals surface area (Å²) < 4.78 is 10.3. The Balaban J connectivity index is 1.99. The number of nitrogens with zero attached hydrogens (tertiary/aromatic N) is 1. The molecule has 9 nitrogen and oxygen atoms in total. The highest BCUT2D eigenvalue weighted by atomic mass is 16.6. The second-order valence-electron chi connectivity index (χ2n) is 6.67. The van der Waals surface area contributed by atoms with Gasteiger partial charge in [-0.25, -0.2) is 4.79 Å². The summed E-state index contributed by atoms with van der Waals surface area (Å²) in [5.41, 5.74) is -1.48. The molecule has 1 aliphatic rings. The molecule has 1 aliphatic carbocycles. The number of benzene rings is 1. The van der Waals surface area contributed by atoms with E-state index in [0.29, 0.717) is 18.8 Å². The molecule has 27 heavy (non-hydrogen) atoms. The molecule has 0 spiro atoms. The fourth-order valence-corrected chi connectivity index (χ4v) is 3.32. The SMILES string of the molecule is CCC1CCC(NC(=O)COc2ccc([N+](=O)[O-])c(OC)c2)(C(=O)O)CC1. The number of carboxylic acids is 1. The summed E-state index contributed by atoms with van der Waals surface area (Å²) >= 11 is 0. The van der Waals surface area contributed by atoms with Crippen LogP contribution in [0.1, 0.15) is 39.0 Å². The van der Waals surface area contributed by atoms with Crippen LogP contribution in [0.3, 0.4) is 0 Å². The van der Waals surface area contributed by atoms with Gasteiger partial charge in [0.15, 0.2) is 6.61 Å². The van der Waals surface area contributed by atoms with E-state index >= 15 is 0 Å². The third kappa shape index (κ3) is 4.87. The minimum atomic E-state index is -1.26. The van der Waals surface area contributed by atoms with E-state index in [4.69, 9.17) is 9.47 Å². The molecule has 148 valence electrons. The van der Waals surface area contributed by atoms with Crippen LogP contribution in [0.2, 0.25) is 0 Å². The van der Waals surface area contributed by atoms with Gasteiger partial charge in [-0.05, 0) is 37.7 Å². The number of hydrogen-bond acceptors (Lipinski definition) is 6. The molecule has 1 aromatic rings. The van der Waals surface area contributed by atoms with Gasteiger partial charge in [0.1, 0.15) is 11.3 Å². The first-order chi connectivity index (χ1) is 12.8. The Morgan fingerprint density at radius 2 is 2.04 bits per heavy atom. The van der Waals surface area contributed by atoms with E-state index in [2.05, 4.69) is 12.2 Å². The summed E-state index contributed by atoms with van der Waals surface area (Å²) in [7, 11) is 1.29. The predicted molar refractivity (Wildman–Crippen MR) is 95.9 cm³/mol. The second-order valence-corrected chi connectivity index (χ2v) is 6.67. The van der Waals surface area contributed by atoms with Crippen LogP contribution < -0.4 is 14.8 Å². The van der Waals surface area contributed by atoms with Gasteiger partial charge in [0, 0.05) is 12.1 Å². The van der Waals surface area contributed by atoms with Crippen molar-refractivity contribution in [3.8, 4) is 11.5 Å². The Bertz CT molecular complexity index is 712. The van der Waals surface area contributed by atoms with Gasteiger partial charge in [-0.1, -0.05) is 13.3 Å². The Labute approximate surface area is 156 Å². The molecular weight excluding hydrogens is 356 g/mol.